The number of anilines is 1. The van der Waals surface area contributed by atoms with Crippen LogP contribution in [0.4, 0.5) is 5.82 Å². The lowest BCUT2D eigenvalue weighted by atomic mass is 10.2. The molecule has 7 heteroatoms. The topological polar surface area (TPSA) is 97.0 Å². The number of nitrogens with zero attached hydrogens (tertiary/aromatic N) is 4. The van der Waals surface area contributed by atoms with E-state index in [-0.39, 0.29) is 11.6 Å². The Morgan fingerprint density at radius 3 is 2.63 bits per heavy atom. The van der Waals surface area contributed by atoms with Crippen molar-refractivity contribution in [3.63, 3.8) is 0 Å². The predicted octanol–water partition coefficient (Wildman–Crippen LogP) is 0.429. The molecular formula is C12H14N6O. The Hall–Kier alpha value is -2.54. The highest BCUT2D eigenvalue weighted by Crippen LogP contribution is 2.06. The lowest BCUT2D eigenvalue weighted by molar-refractivity contribution is 0.0779. The third-order valence-corrected chi connectivity index (χ3v) is 2.53. The first-order valence-corrected chi connectivity index (χ1v) is 5.63. The molecule has 98 valence electrons. The highest BCUT2D eigenvalue weighted by atomic mass is 16.2. The van der Waals surface area contributed by atoms with Gasteiger partial charge in [0.25, 0.3) is 5.91 Å². The second-order valence-corrected chi connectivity index (χ2v) is 3.95. The van der Waals surface area contributed by atoms with Gasteiger partial charge in [-0.1, -0.05) is 0 Å². The summed E-state index contributed by atoms with van der Waals surface area (Å²) >= 11 is 0. The van der Waals surface area contributed by atoms with E-state index in [1.807, 2.05) is 12.1 Å². The minimum Gasteiger partial charge on any atom is -0.336 e. The number of nitrogens with two attached hydrogens (primary N) is 1. The van der Waals surface area contributed by atoms with E-state index in [4.69, 9.17) is 5.84 Å². The van der Waals surface area contributed by atoms with Crippen LogP contribution in [0.5, 0.6) is 0 Å². The molecule has 0 saturated carbocycles. The Labute approximate surface area is 110 Å². The van der Waals surface area contributed by atoms with Gasteiger partial charge in [-0.2, -0.15) is 0 Å². The van der Waals surface area contributed by atoms with Crippen LogP contribution in [0.1, 0.15) is 16.1 Å². The van der Waals surface area contributed by atoms with Crippen LogP contribution in [0.15, 0.2) is 36.9 Å². The van der Waals surface area contributed by atoms with Crippen molar-refractivity contribution in [3.05, 3.63) is 48.2 Å². The van der Waals surface area contributed by atoms with Crippen molar-refractivity contribution >= 4 is 11.7 Å². The number of amides is 1. The molecule has 0 radical (unpaired) electrons. The molecule has 2 rings (SSSR count). The van der Waals surface area contributed by atoms with Crippen LogP contribution >= 0.6 is 0 Å². The molecule has 7 nitrogen and oxygen atoms in total. The maximum atomic E-state index is 12.1. The number of hydrogen-bond acceptors (Lipinski definition) is 6. The number of rotatable bonds is 4. The second-order valence-electron chi connectivity index (χ2n) is 3.95. The number of pyridine rings is 1. The number of nitrogen functional groups attached to an aromatic ring is 1. The quantitative estimate of drug-likeness (QED) is 0.609. The highest BCUT2D eigenvalue weighted by molar-refractivity contribution is 5.91. The predicted molar refractivity (Wildman–Crippen MR) is 69.9 cm³/mol. The Morgan fingerprint density at radius 2 is 2.05 bits per heavy atom. The van der Waals surface area contributed by atoms with Crippen molar-refractivity contribution in [2.24, 2.45) is 5.84 Å². The van der Waals surface area contributed by atoms with Gasteiger partial charge >= 0.3 is 0 Å². The van der Waals surface area contributed by atoms with Crippen LogP contribution in [-0.4, -0.2) is 32.8 Å². The molecule has 3 N–H and O–H groups in total. The summed E-state index contributed by atoms with van der Waals surface area (Å²) in [7, 11) is 1.71. The van der Waals surface area contributed by atoms with E-state index in [2.05, 4.69) is 20.4 Å². The van der Waals surface area contributed by atoms with Crippen molar-refractivity contribution in [2.45, 2.75) is 6.54 Å². The van der Waals surface area contributed by atoms with Crippen molar-refractivity contribution in [2.75, 3.05) is 12.5 Å². The molecule has 0 saturated heterocycles. The van der Waals surface area contributed by atoms with Crippen LogP contribution in [-0.2, 0) is 6.54 Å². The molecule has 0 aliphatic carbocycles. The summed E-state index contributed by atoms with van der Waals surface area (Å²) in [4.78, 5) is 25.6. The molecule has 2 aromatic heterocycles. The van der Waals surface area contributed by atoms with Crippen LogP contribution in [0.25, 0.3) is 0 Å². The number of aromatic nitrogens is 3. The highest BCUT2D eigenvalue weighted by Gasteiger charge is 2.13. The van der Waals surface area contributed by atoms with Gasteiger partial charge in [0, 0.05) is 26.0 Å². The van der Waals surface area contributed by atoms with E-state index in [0.29, 0.717) is 12.4 Å². The monoisotopic (exact) mass is 258 g/mol. The fourth-order valence-electron chi connectivity index (χ4n) is 1.54. The fourth-order valence-corrected chi connectivity index (χ4v) is 1.54. The van der Waals surface area contributed by atoms with E-state index in [0.717, 1.165) is 5.56 Å². The van der Waals surface area contributed by atoms with Gasteiger partial charge < -0.3 is 10.3 Å². The van der Waals surface area contributed by atoms with Crippen LogP contribution < -0.4 is 11.3 Å². The van der Waals surface area contributed by atoms with Crippen LogP contribution in [0, 0.1) is 0 Å². The summed E-state index contributed by atoms with van der Waals surface area (Å²) in [6.07, 6.45) is 6.18. The molecule has 0 spiro atoms. The summed E-state index contributed by atoms with van der Waals surface area (Å²) in [6, 6.07) is 3.72. The molecule has 1 amide bonds. The molecule has 2 aromatic rings. The first kappa shape index (κ1) is 12.9. The van der Waals surface area contributed by atoms with Crippen molar-refractivity contribution in [3.8, 4) is 0 Å². The second kappa shape index (κ2) is 5.87. The zero-order valence-electron chi connectivity index (χ0n) is 10.4. The number of carbonyl (C=O) groups is 1. The largest absolute Gasteiger partial charge is 0.336 e. The summed E-state index contributed by atoms with van der Waals surface area (Å²) in [5, 5.41) is 0. The number of hydrogen-bond donors (Lipinski definition) is 2. The van der Waals surface area contributed by atoms with Gasteiger partial charge in [0.2, 0.25) is 0 Å². The normalized spacial score (nSPS) is 10.0. The molecule has 0 bridgehead atoms. The van der Waals surface area contributed by atoms with E-state index in [1.54, 1.807) is 24.3 Å². The Bertz CT molecular complexity index is 542. The SMILES string of the molecule is CN(Cc1ccncc1)C(=O)c1cnc(NN)cn1. The molecule has 0 fully saturated rings. The van der Waals surface area contributed by atoms with E-state index < -0.39 is 0 Å². The van der Waals surface area contributed by atoms with Crippen molar-refractivity contribution in [1.82, 2.24) is 19.9 Å². The fraction of sp³-hybridized carbons (Fsp3) is 0.167. The molecule has 2 heterocycles. The Kier molecular flexibility index (Phi) is 3.99. The van der Waals surface area contributed by atoms with Gasteiger partial charge in [0.1, 0.15) is 5.69 Å². The standard InChI is InChI=1S/C12H14N6O/c1-18(8-9-2-4-14-5-3-9)12(19)10-6-16-11(17-13)7-15-10/h2-7H,8,13H2,1H3,(H,16,17). The summed E-state index contributed by atoms with van der Waals surface area (Å²) in [6.45, 7) is 0.486. The molecular weight excluding hydrogens is 244 g/mol. The van der Waals surface area contributed by atoms with Gasteiger partial charge in [-0.15, -0.1) is 0 Å². The Morgan fingerprint density at radius 1 is 1.32 bits per heavy atom. The van der Waals surface area contributed by atoms with Gasteiger partial charge in [0.05, 0.1) is 12.4 Å². The zero-order valence-corrected chi connectivity index (χ0v) is 10.4. The molecule has 0 atom stereocenters. The third-order valence-electron chi connectivity index (χ3n) is 2.53. The van der Waals surface area contributed by atoms with Gasteiger partial charge in [-0.3, -0.25) is 9.78 Å². The maximum absolute atomic E-state index is 12.1. The molecule has 0 aliphatic rings. The average Bonchev–Trinajstić information content (AvgIpc) is 2.47. The van der Waals surface area contributed by atoms with Gasteiger partial charge in [-0.25, -0.2) is 15.8 Å². The molecule has 0 aromatic carbocycles. The average molecular weight is 258 g/mol. The molecule has 0 unspecified atom stereocenters. The van der Waals surface area contributed by atoms with Crippen LogP contribution in [0.3, 0.4) is 0 Å². The summed E-state index contributed by atoms with van der Waals surface area (Å²) in [5.74, 6) is 5.39. The van der Waals surface area contributed by atoms with Gasteiger partial charge in [-0.05, 0) is 17.7 Å². The number of hydrazine groups is 1. The van der Waals surface area contributed by atoms with Crippen molar-refractivity contribution in [1.29, 1.82) is 0 Å². The lowest BCUT2D eigenvalue weighted by Crippen LogP contribution is -2.27. The number of carbonyl (C=O) groups excluding carboxylic acids is 1. The smallest absolute Gasteiger partial charge is 0.274 e. The minimum absolute atomic E-state index is 0.201. The number of nitrogens with one attached hydrogen (secondary N) is 1. The van der Waals surface area contributed by atoms with Gasteiger partial charge in [0.15, 0.2) is 5.82 Å². The van der Waals surface area contributed by atoms with Crippen molar-refractivity contribution < 1.29 is 4.79 Å². The summed E-state index contributed by atoms with van der Waals surface area (Å²) in [5.41, 5.74) is 3.63. The van der Waals surface area contributed by atoms with Crippen LogP contribution in [0.2, 0.25) is 0 Å². The first-order valence-electron chi connectivity index (χ1n) is 5.63. The minimum atomic E-state index is -0.201. The maximum Gasteiger partial charge on any atom is 0.274 e. The molecule has 19 heavy (non-hydrogen) atoms. The lowest BCUT2D eigenvalue weighted by Gasteiger charge is -2.16. The molecule has 0 aliphatic heterocycles. The van der Waals surface area contributed by atoms with E-state index in [1.165, 1.54) is 12.4 Å². The Balaban J connectivity index is 2.06. The first-order chi connectivity index (χ1) is 9.20. The third kappa shape index (κ3) is 3.23. The zero-order chi connectivity index (χ0) is 13.7. The van der Waals surface area contributed by atoms with E-state index in [9.17, 15) is 4.79 Å². The summed E-state index contributed by atoms with van der Waals surface area (Å²) < 4.78 is 0. The van der Waals surface area contributed by atoms with E-state index >= 15 is 0 Å².